The first-order valence-electron chi connectivity index (χ1n) is 5.97. The maximum atomic E-state index is 12.1. The van der Waals surface area contributed by atoms with Crippen molar-refractivity contribution in [3.8, 4) is 0 Å². The van der Waals surface area contributed by atoms with Crippen molar-refractivity contribution in [2.45, 2.75) is 20.3 Å². The van der Waals surface area contributed by atoms with Gasteiger partial charge < -0.3 is 4.79 Å². The Morgan fingerprint density at radius 1 is 1.17 bits per heavy atom. The summed E-state index contributed by atoms with van der Waals surface area (Å²) >= 11 is 0. The largest absolute Gasteiger partial charge is 0.300 e. The van der Waals surface area contributed by atoms with Crippen molar-refractivity contribution in [2.24, 2.45) is 5.92 Å². The topological polar surface area (TPSA) is 47.0 Å². The standard InChI is InChI=1S/C15H15NO2/c1-10(9-11(2)17)15(18)14-8-7-12-5-3-4-6-13(12)16-14/h3-8,10H,9H2,1-2H3. The molecule has 1 heterocycles. The average Bonchev–Trinajstić information content (AvgIpc) is 2.36. The number of carbonyl (C=O) groups excluding carboxylic acids is 2. The summed E-state index contributed by atoms with van der Waals surface area (Å²) in [6.07, 6.45) is 0.271. The minimum absolute atomic E-state index is 0.0247. The highest BCUT2D eigenvalue weighted by molar-refractivity contribution is 5.99. The number of hydrogen-bond donors (Lipinski definition) is 0. The Morgan fingerprint density at radius 2 is 1.89 bits per heavy atom. The van der Waals surface area contributed by atoms with Gasteiger partial charge in [-0.05, 0) is 19.1 Å². The van der Waals surface area contributed by atoms with Crippen LogP contribution in [0.1, 0.15) is 30.8 Å². The van der Waals surface area contributed by atoms with Crippen LogP contribution in [0.15, 0.2) is 36.4 Å². The van der Waals surface area contributed by atoms with E-state index in [1.807, 2.05) is 30.3 Å². The molecule has 3 nitrogen and oxygen atoms in total. The van der Waals surface area contributed by atoms with Crippen LogP contribution in [-0.2, 0) is 4.79 Å². The van der Waals surface area contributed by atoms with Gasteiger partial charge in [0.2, 0.25) is 0 Å². The molecule has 0 fully saturated rings. The number of fused-ring (bicyclic) bond motifs is 1. The molecule has 0 aliphatic heterocycles. The molecule has 0 saturated carbocycles. The zero-order valence-corrected chi connectivity index (χ0v) is 10.5. The van der Waals surface area contributed by atoms with Gasteiger partial charge in [0, 0.05) is 17.7 Å². The van der Waals surface area contributed by atoms with Crippen LogP contribution in [0.4, 0.5) is 0 Å². The summed E-state index contributed by atoms with van der Waals surface area (Å²) in [6.45, 7) is 3.26. The molecule has 0 radical (unpaired) electrons. The predicted molar refractivity (Wildman–Crippen MR) is 70.5 cm³/mol. The Bertz CT molecular complexity index is 604. The first kappa shape index (κ1) is 12.4. The van der Waals surface area contributed by atoms with Gasteiger partial charge in [0.05, 0.1) is 5.52 Å². The molecule has 0 N–H and O–H groups in total. The summed E-state index contributed by atoms with van der Waals surface area (Å²) in [4.78, 5) is 27.5. The molecular weight excluding hydrogens is 226 g/mol. The van der Waals surface area contributed by atoms with E-state index in [-0.39, 0.29) is 23.9 Å². The van der Waals surface area contributed by atoms with E-state index >= 15 is 0 Å². The molecule has 92 valence electrons. The number of benzene rings is 1. The van der Waals surface area contributed by atoms with Gasteiger partial charge in [-0.3, -0.25) is 4.79 Å². The number of pyridine rings is 1. The third-order valence-electron chi connectivity index (χ3n) is 2.89. The summed E-state index contributed by atoms with van der Waals surface area (Å²) in [5, 5.41) is 1.01. The first-order valence-corrected chi connectivity index (χ1v) is 5.97. The number of rotatable bonds is 4. The number of nitrogens with zero attached hydrogens (tertiary/aromatic N) is 1. The van der Waals surface area contributed by atoms with Crippen molar-refractivity contribution in [1.29, 1.82) is 0 Å². The molecule has 0 spiro atoms. The summed E-state index contributed by atoms with van der Waals surface area (Å²) in [7, 11) is 0. The van der Waals surface area contributed by atoms with Gasteiger partial charge in [-0.2, -0.15) is 0 Å². The van der Waals surface area contributed by atoms with Gasteiger partial charge in [0.25, 0.3) is 0 Å². The predicted octanol–water partition coefficient (Wildman–Crippen LogP) is 3.03. The first-order chi connectivity index (χ1) is 8.58. The van der Waals surface area contributed by atoms with Crippen molar-refractivity contribution in [1.82, 2.24) is 4.98 Å². The second kappa shape index (κ2) is 5.08. The monoisotopic (exact) mass is 241 g/mol. The molecule has 18 heavy (non-hydrogen) atoms. The molecule has 0 aliphatic rings. The molecule has 2 aromatic rings. The van der Waals surface area contributed by atoms with Crippen molar-refractivity contribution >= 4 is 22.5 Å². The lowest BCUT2D eigenvalue weighted by molar-refractivity contribution is -0.117. The molecule has 1 unspecified atom stereocenters. The number of para-hydroxylation sites is 1. The lowest BCUT2D eigenvalue weighted by atomic mass is 9.97. The lowest BCUT2D eigenvalue weighted by Gasteiger charge is -2.08. The quantitative estimate of drug-likeness (QED) is 0.773. The maximum Gasteiger partial charge on any atom is 0.184 e. The Kier molecular flexibility index (Phi) is 3.51. The Hall–Kier alpha value is -2.03. The summed E-state index contributed by atoms with van der Waals surface area (Å²) in [6, 6.07) is 11.3. The molecule has 3 heteroatoms. The van der Waals surface area contributed by atoms with E-state index < -0.39 is 0 Å². The summed E-state index contributed by atoms with van der Waals surface area (Å²) in [5.74, 6) is -0.358. The second-order valence-corrected chi connectivity index (χ2v) is 4.56. The minimum Gasteiger partial charge on any atom is -0.300 e. The van der Waals surface area contributed by atoms with E-state index in [9.17, 15) is 9.59 Å². The van der Waals surface area contributed by atoms with Crippen LogP contribution >= 0.6 is 0 Å². The van der Waals surface area contributed by atoms with E-state index in [1.54, 1.807) is 13.0 Å². The highest BCUT2D eigenvalue weighted by Crippen LogP contribution is 2.15. The van der Waals surface area contributed by atoms with Crippen LogP contribution in [0.25, 0.3) is 10.9 Å². The molecule has 0 aliphatic carbocycles. The fraction of sp³-hybridized carbons (Fsp3) is 0.267. The van der Waals surface area contributed by atoms with Gasteiger partial charge in [0.15, 0.2) is 5.78 Å². The zero-order valence-electron chi connectivity index (χ0n) is 10.5. The number of aromatic nitrogens is 1. The van der Waals surface area contributed by atoms with Gasteiger partial charge >= 0.3 is 0 Å². The van der Waals surface area contributed by atoms with E-state index in [2.05, 4.69) is 4.98 Å². The summed E-state index contributed by atoms with van der Waals surface area (Å²) < 4.78 is 0. The van der Waals surface area contributed by atoms with E-state index in [4.69, 9.17) is 0 Å². The van der Waals surface area contributed by atoms with Crippen LogP contribution in [0.5, 0.6) is 0 Å². The highest BCUT2D eigenvalue weighted by atomic mass is 16.1. The molecule has 1 atom stereocenters. The Morgan fingerprint density at radius 3 is 2.61 bits per heavy atom. The highest BCUT2D eigenvalue weighted by Gasteiger charge is 2.18. The van der Waals surface area contributed by atoms with Crippen molar-refractivity contribution < 1.29 is 9.59 Å². The normalized spacial score (nSPS) is 12.3. The van der Waals surface area contributed by atoms with Crippen LogP contribution in [0.3, 0.4) is 0 Å². The smallest absolute Gasteiger partial charge is 0.184 e. The third kappa shape index (κ3) is 2.62. The van der Waals surface area contributed by atoms with E-state index in [1.165, 1.54) is 6.92 Å². The zero-order chi connectivity index (χ0) is 13.1. The number of hydrogen-bond acceptors (Lipinski definition) is 3. The molecule has 0 bridgehead atoms. The van der Waals surface area contributed by atoms with Gasteiger partial charge in [-0.25, -0.2) is 4.98 Å². The van der Waals surface area contributed by atoms with Crippen molar-refractivity contribution in [3.05, 3.63) is 42.1 Å². The van der Waals surface area contributed by atoms with Gasteiger partial charge in [-0.1, -0.05) is 31.2 Å². The van der Waals surface area contributed by atoms with E-state index in [0.29, 0.717) is 5.69 Å². The number of carbonyl (C=O) groups is 2. The lowest BCUT2D eigenvalue weighted by Crippen LogP contribution is -2.15. The third-order valence-corrected chi connectivity index (χ3v) is 2.89. The van der Waals surface area contributed by atoms with Crippen molar-refractivity contribution in [3.63, 3.8) is 0 Å². The summed E-state index contributed by atoms with van der Waals surface area (Å²) in [5.41, 5.74) is 1.24. The van der Waals surface area contributed by atoms with Crippen molar-refractivity contribution in [2.75, 3.05) is 0 Å². The number of Topliss-reactive ketones (excluding diaryl/α,β-unsaturated/α-hetero) is 2. The van der Waals surface area contributed by atoms with Crippen LogP contribution < -0.4 is 0 Å². The fourth-order valence-corrected chi connectivity index (χ4v) is 1.98. The van der Waals surface area contributed by atoms with E-state index in [0.717, 1.165) is 10.9 Å². The molecule has 1 aromatic carbocycles. The van der Waals surface area contributed by atoms with Crippen LogP contribution in [0.2, 0.25) is 0 Å². The molecule has 2 rings (SSSR count). The molecule has 1 aromatic heterocycles. The fourth-order valence-electron chi connectivity index (χ4n) is 1.98. The molecule has 0 amide bonds. The van der Waals surface area contributed by atoms with Crippen LogP contribution in [-0.4, -0.2) is 16.6 Å². The minimum atomic E-state index is -0.309. The van der Waals surface area contributed by atoms with Gasteiger partial charge in [-0.15, -0.1) is 0 Å². The average molecular weight is 241 g/mol. The maximum absolute atomic E-state index is 12.1. The second-order valence-electron chi connectivity index (χ2n) is 4.56. The van der Waals surface area contributed by atoms with Crippen LogP contribution in [0, 0.1) is 5.92 Å². The number of ketones is 2. The Labute approximate surface area is 106 Å². The van der Waals surface area contributed by atoms with Gasteiger partial charge in [0.1, 0.15) is 11.5 Å². The SMILES string of the molecule is CC(=O)CC(C)C(=O)c1ccc2ccccc2n1. The molecular formula is C15H15NO2. The molecule has 0 saturated heterocycles. The Balaban J connectivity index is 2.30.